The summed E-state index contributed by atoms with van der Waals surface area (Å²) in [5.74, 6) is 2.84. The van der Waals surface area contributed by atoms with Gasteiger partial charge in [0, 0.05) is 24.1 Å². The summed E-state index contributed by atoms with van der Waals surface area (Å²) in [6, 6.07) is 4.36. The third-order valence-corrected chi connectivity index (χ3v) is 7.94. The van der Waals surface area contributed by atoms with Crippen LogP contribution in [0.15, 0.2) is 35.6 Å². The number of carbonyl (C=O) groups is 1. The second-order valence-corrected chi connectivity index (χ2v) is 10.2. The number of amidine groups is 1. The fraction of sp³-hybridized carbons (Fsp3) is 0.320. The number of ether oxygens (including phenoxy) is 1. The van der Waals surface area contributed by atoms with E-state index < -0.39 is 33.7 Å². The molecule has 11 heteroatoms. The molecule has 2 aliphatic rings. The van der Waals surface area contributed by atoms with Crippen molar-refractivity contribution in [2.45, 2.75) is 37.0 Å². The number of halogens is 2. The van der Waals surface area contributed by atoms with Crippen molar-refractivity contribution in [3.8, 4) is 17.7 Å². The number of nitrogens with two attached hydrogens (primary N) is 2. The molecule has 8 nitrogen and oxygen atoms in total. The van der Waals surface area contributed by atoms with Crippen LogP contribution in [-0.4, -0.2) is 37.4 Å². The summed E-state index contributed by atoms with van der Waals surface area (Å²) >= 11 is 1.09. The zero-order chi connectivity index (χ0) is 25.7. The van der Waals surface area contributed by atoms with Gasteiger partial charge in [-0.1, -0.05) is 17.7 Å². The number of fused-ring (bicyclic) bond motifs is 2. The highest BCUT2D eigenvalue weighted by molar-refractivity contribution is 8.15. The number of rotatable bonds is 6. The summed E-state index contributed by atoms with van der Waals surface area (Å²) in [5.41, 5.74) is 12.4. The molecule has 184 valence electrons. The Morgan fingerprint density at radius 2 is 2.14 bits per heavy atom. The first-order valence-corrected chi connectivity index (χ1v) is 12.0. The van der Waals surface area contributed by atoms with Gasteiger partial charge in [0.25, 0.3) is 0 Å². The lowest BCUT2D eigenvalue weighted by molar-refractivity contribution is -0.118. The Morgan fingerprint density at radius 1 is 1.33 bits per heavy atom. The van der Waals surface area contributed by atoms with Gasteiger partial charge in [-0.3, -0.25) is 14.8 Å². The van der Waals surface area contributed by atoms with Gasteiger partial charge in [-0.2, -0.15) is 0 Å². The molecule has 1 fully saturated rings. The summed E-state index contributed by atoms with van der Waals surface area (Å²) in [4.78, 5) is 29.8. The second-order valence-electron chi connectivity index (χ2n) is 8.88. The van der Waals surface area contributed by atoms with E-state index in [-0.39, 0.29) is 23.8 Å². The Labute approximate surface area is 210 Å². The van der Waals surface area contributed by atoms with Crippen molar-refractivity contribution in [2.75, 3.05) is 6.61 Å². The molecule has 1 aliphatic carbocycles. The van der Waals surface area contributed by atoms with E-state index in [4.69, 9.17) is 16.2 Å². The average molecular weight is 509 g/mol. The second kappa shape index (κ2) is 8.71. The minimum atomic E-state index is -1.25. The molecule has 1 aromatic carbocycles. The van der Waals surface area contributed by atoms with E-state index in [0.29, 0.717) is 34.6 Å². The van der Waals surface area contributed by atoms with Gasteiger partial charge >= 0.3 is 0 Å². The van der Waals surface area contributed by atoms with Gasteiger partial charge in [0.15, 0.2) is 23.4 Å². The zero-order valence-corrected chi connectivity index (χ0v) is 20.3. The van der Waals surface area contributed by atoms with Gasteiger partial charge < -0.3 is 16.2 Å². The van der Waals surface area contributed by atoms with Crippen LogP contribution >= 0.6 is 11.8 Å². The molecule has 2 aromatic heterocycles. The van der Waals surface area contributed by atoms with Crippen molar-refractivity contribution in [3.63, 3.8) is 0 Å². The number of aliphatic imine (C=N–C) groups is 1. The predicted octanol–water partition coefficient (Wildman–Crippen LogP) is 2.82. The molecule has 4 N–H and O–H groups in total. The Hall–Kier alpha value is -3.78. The van der Waals surface area contributed by atoms with Crippen molar-refractivity contribution < 1.29 is 18.3 Å². The molecule has 0 spiro atoms. The van der Waals surface area contributed by atoms with Crippen LogP contribution < -0.4 is 16.2 Å². The average Bonchev–Trinajstić information content (AvgIpc) is 3.58. The van der Waals surface area contributed by atoms with Crippen LogP contribution in [0.3, 0.4) is 0 Å². The van der Waals surface area contributed by atoms with E-state index in [1.807, 2.05) is 0 Å². The highest BCUT2D eigenvalue weighted by Gasteiger charge is 2.70. The summed E-state index contributed by atoms with van der Waals surface area (Å²) in [6.45, 7) is 3.56. The highest BCUT2D eigenvalue weighted by atomic mass is 32.2. The quantitative estimate of drug-likeness (QED) is 0.490. The number of amides is 1. The first-order valence-electron chi connectivity index (χ1n) is 11.1. The zero-order valence-electron chi connectivity index (χ0n) is 19.5. The van der Waals surface area contributed by atoms with Crippen LogP contribution in [0, 0.1) is 29.4 Å². The summed E-state index contributed by atoms with van der Waals surface area (Å²) in [7, 11) is 0. The van der Waals surface area contributed by atoms with Crippen LogP contribution in [0.5, 0.6) is 5.88 Å². The van der Waals surface area contributed by atoms with Crippen LogP contribution in [0.25, 0.3) is 11.0 Å². The number of aromatic nitrogens is 3. The molecule has 0 radical (unpaired) electrons. The number of benzene rings is 1. The third-order valence-electron chi connectivity index (χ3n) is 6.62. The number of pyridine rings is 1. The first-order chi connectivity index (χ1) is 17.2. The standard InChI is InChI=1S/C25H22F2N6O2S/c1-3-4-7-35-19-12-31-21-16(32-19)5-6-30-17(21)10-13-8-14(20(27)15(26)9-13)24(2)18-11-25(18,22(28)34)36-23(29)33-24/h5-6,8-9,12,18H,7,10-11H2,1-2H3,(H2,28,34)(H2,29,33)/t18-,24+,25-/m0/s1. The van der Waals surface area contributed by atoms with Gasteiger partial charge in [0.1, 0.15) is 10.3 Å². The van der Waals surface area contributed by atoms with Gasteiger partial charge in [-0.05, 0) is 44.0 Å². The SMILES string of the molecule is CC#CCOc1cnc2c(Cc3cc(F)c(F)c([C@@]4(C)N=C(N)S[C@@]5(C(N)=O)C[C@H]54)c3)nccc2n1. The fourth-order valence-corrected chi connectivity index (χ4v) is 6.10. The lowest BCUT2D eigenvalue weighted by Crippen LogP contribution is -2.42. The number of hydrogen-bond donors (Lipinski definition) is 2. The van der Waals surface area contributed by atoms with Crippen molar-refractivity contribution in [2.24, 2.45) is 22.4 Å². The summed E-state index contributed by atoms with van der Waals surface area (Å²) in [6.07, 6.45) is 3.58. The normalized spacial score (nSPS) is 24.3. The molecule has 36 heavy (non-hydrogen) atoms. The molecule has 1 amide bonds. The first kappa shape index (κ1) is 23.9. The topological polar surface area (TPSA) is 129 Å². The Morgan fingerprint density at radius 3 is 2.89 bits per heavy atom. The van der Waals surface area contributed by atoms with E-state index in [9.17, 15) is 9.18 Å². The number of thioether (sulfide) groups is 1. The largest absolute Gasteiger partial charge is 0.463 e. The summed E-state index contributed by atoms with van der Waals surface area (Å²) in [5, 5.41) is 0.115. The molecule has 1 saturated carbocycles. The van der Waals surface area contributed by atoms with Crippen molar-refractivity contribution >= 4 is 33.9 Å². The molecule has 5 rings (SSSR count). The van der Waals surface area contributed by atoms with E-state index in [1.165, 1.54) is 6.20 Å². The molecule has 0 bridgehead atoms. The van der Waals surface area contributed by atoms with Gasteiger partial charge in [-0.25, -0.2) is 18.7 Å². The van der Waals surface area contributed by atoms with Crippen molar-refractivity contribution in [3.05, 3.63) is 59.0 Å². The third kappa shape index (κ3) is 3.91. The van der Waals surface area contributed by atoms with Crippen LogP contribution in [-0.2, 0) is 16.8 Å². The number of nitrogens with zero attached hydrogens (tertiary/aromatic N) is 4. The van der Waals surface area contributed by atoms with Crippen LogP contribution in [0.2, 0.25) is 0 Å². The maximum atomic E-state index is 15.2. The number of primary amides is 1. The highest BCUT2D eigenvalue weighted by Crippen LogP contribution is 2.65. The van der Waals surface area contributed by atoms with E-state index in [0.717, 1.165) is 17.8 Å². The summed E-state index contributed by atoms with van der Waals surface area (Å²) < 4.78 is 34.5. The van der Waals surface area contributed by atoms with Gasteiger partial charge in [-0.15, -0.1) is 5.92 Å². The maximum absolute atomic E-state index is 15.2. The van der Waals surface area contributed by atoms with Crippen LogP contribution in [0.1, 0.15) is 37.1 Å². The molecular formula is C25H22F2N6O2S. The lowest BCUT2D eigenvalue weighted by atomic mass is 9.84. The molecule has 1 aliphatic heterocycles. The molecule has 3 atom stereocenters. The van der Waals surface area contributed by atoms with E-state index >= 15 is 4.39 Å². The number of carbonyl (C=O) groups excluding carboxylic acids is 1. The maximum Gasteiger partial charge on any atom is 0.234 e. The lowest BCUT2D eigenvalue weighted by Gasteiger charge is -2.33. The minimum Gasteiger partial charge on any atom is -0.463 e. The molecule has 3 heterocycles. The fourth-order valence-electron chi connectivity index (χ4n) is 4.77. The van der Waals surface area contributed by atoms with E-state index in [2.05, 4.69) is 31.8 Å². The van der Waals surface area contributed by atoms with Crippen molar-refractivity contribution in [1.29, 1.82) is 0 Å². The number of hydrogen-bond acceptors (Lipinski definition) is 8. The molecular weight excluding hydrogens is 486 g/mol. The Balaban J connectivity index is 1.51. The van der Waals surface area contributed by atoms with Crippen LogP contribution in [0.4, 0.5) is 8.78 Å². The minimum absolute atomic E-state index is 0.0212. The smallest absolute Gasteiger partial charge is 0.234 e. The van der Waals surface area contributed by atoms with Gasteiger partial charge in [0.05, 0.1) is 22.9 Å². The molecule has 3 aromatic rings. The van der Waals surface area contributed by atoms with Gasteiger partial charge in [0.2, 0.25) is 11.8 Å². The monoisotopic (exact) mass is 508 g/mol. The Bertz CT molecular complexity index is 1500. The molecule has 0 unspecified atom stereocenters. The Kier molecular flexibility index (Phi) is 5.79. The van der Waals surface area contributed by atoms with Crippen molar-refractivity contribution in [1.82, 2.24) is 15.0 Å². The molecule has 0 saturated heterocycles. The van der Waals surface area contributed by atoms with E-state index in [1.54, 1.807) is 32.2 Å². The predicted molar refractivity (Wildman–Crippen MR) is 132 cm³/mol.